The molecule has 0 aliphatic heterocycles. The Bertz CT molecular complexity index is 1330. The third-order valence-corrected chi connectivity index (χ3v) is 6.45. The van der Waals surface area contributed by atoms with Gasteiger partial charge in [0.1, 0.15) is 11.1 Å². The van der Waals surface area contributed by atoms with E-state index in [9.17, 15) is 10.1 Å². The molecular weight excluding hydrogens is 426 g/mol. The molecule has 1 heterocycles. The molecule has 0 unspecified atom stereocenters. The number of hydrogen-bond acceptors (Lipinski definition) is 4. The molecule has 0 aliphatic carbocycles. The summed E-state index contributed by atoms with van der Waals surface area (Å²) in [6.07, 6.45) is 0. The highest BCUT2D eigenvalue weighted by molar-refractivity contribution is 8.00. The highest BCUT2D eigenvalue weighted by atomic mass is 32.2. The number of anilines is 1. The van der Waals surface area contributed by atoms with Crippen LogP contribution in [0.1, 0.15) is 16.7 Å². The maximum absolute atomic E-state index is 12.7. The fraction of sp³-hybridized carbons (Fsp3) is 0.107. The molecule has 4 aromatic rings. The van der Waals surface area contributed by atoms with E-state index in [0.717, 1.165) is 39.2 Å². The first-order valence-electron chi connectivity index (χ1n) is 10.6. The zero-order valence-electron chi connectivity index (χ0n) is 18.5. The first-order chi connectivity index (χ1) is 16.1. The molecule has 1 aromatic heterocycles. The lowest BCUT2D eigenvalue weighted by atomic mass is 9.99. The maximum Gasteiger partial charge on any atom is 0.234 e. The number of aryl methyl sites for hydroxylation is 1. The zero-order chi connectivity index (χ0) is 23.2. The predicted octanol–water partition coefficient (Wildman–Crippen LogP) is 6.63. The summed E-state index contributed by atoms with van der Waals surface area (Å²) in [6.45, 7) is 4.01. The Morgan fingerprint density at radius 2 is 1.61 bits per heavy atom. The molecule has 4 nitrogen and oxygen atoms in total. The number of rotatable bonds is 6. The number of amides is 1. The predicted molar refractivity (Wildman–Crippen MR) is 135 cm³/mol. The number of carbonyl (C=O) groups excluding carboxylic acids is 1. The molecule has 0 aliphatic rings. The molecule has 3 aromatic carbocycles. The first kappa shape index (κ1) is 22.3. The summed E-state index contributed by atoms with van der Waals surface area (Å²) < 4.78 is 0. The van der Waals surface area contributed by atoms with E-state index in [1.54, 1.807) is 0 Å². The molecule has 0 spiro atoms. The Labute approximate surface area is 198 Å². The quantitative estimate of drug-likeness (QED) is 0.335. The molecule has 1 amide bonds. The van der Waals surface area contributed by atoms with Gasteiger partial charge in [0.05, 0.1) is 17.0 Å². The normalized spacial score (nSPS) is 10.5. The smallest absolute Gasteiger partial charge is 0.234 e. The summed E-state index contributed by atoms with van der Waals surface area (Å²) in [7, 11) is 0. The van der Waals surface area contributed by atoms with Crippen LogP contribution in [0.15, 0.2) is 90.0 Å². The molecule has 5 heteroatoms. The van der Waals surface area contributed by atoms with Crippen molar-refractivity contribution in [1.29, 1.82) is 5.26 Å². The van der Waals surface area contributed by atoms with Crippen molar-refractivity contribution in [2.45, 2.75) is 18.9 Å². The van der Waals surface area contributed by atoms with Crippen LogP contribution in [0.2, 0.25) is 0 Å². The third-order valence-electron chi connectivity index (χ3n) is 5.47. The summed E-state index contributed by atoms with van der Waals surface area (Å²) in [5.41, 5.74) is 6.93. The van der Waals surface area contributed by atoms with E-state index in [4.69, 9.17) is 4.98 Å². The van der Waals surface area contributed by atoms with Gasteiger partial charge in [-0.25, -0.2) is 4.98 Å². The summed E-state index contributed by atoms with van der Waals surface area (Å²) in [5, 5.41) is 13.5. The second kappa shape index (κ2) is 10.2. The topological polar surface area (TPSA) is 65.8 Å². The average molecular weight is 450 g/mol. The van der Waals surface area contributed by atoms with E-state index in [1.807, 2.05) is 98.8 Å². The van der Waals surface area contributed by atoms with Crippen molar-refractivity contribution in [2.75, 3.05) is 11.1 Å². The van der Waals surface area contributed by atoms with E-state index < -0.39 is 0 Å². The van der Waals surface area contributed by atoms with Crippen LogP contribution in [0.25, 0.3) is 22.4 Å². The fourth-order valence-electron chi connectivity index (χ4n) is 3.54. The molecule has 0 bridgehead atoms. The maximum atomic E-state index is 12.7. The number of nitrogens with zero attached hydrogens (tertiary/aromatic N) is 2. The highest BCUT2D eigenvalue weighted by Crippen LogP contribution is 2.34. The number of benzene rings is 3. The van der Waals surface area contributed by atoms with Crippen molar-refractivity contribution < 1.29 is 4.79 Å². The molecule has 0 radical (unpaired) electrons. The van der Waals surface area contributed by atoms with Crippen molar-refractivity contribution >= 4 is 23.4 Å². The van der Waals surface area contributed by atoms with Crippen LogP contribution in [-0.2, 0) is 4.79 Å². The molecule has 1 N–H and O–H groups in total. The lowest BCUT2D eigenvalue weighted by molar-refractivity contribution is -0.113. The van der Waals surface area contributed by atoms with Gasteiger partial charge in [0.15, 0.2) is 0 Å². The van der Waals surface area contributed by atoms with E-state index >= 15 is 0 Å². The minimum Gasteiger partial charge on any atom is -0.325 e. The van der Waals surface area contributed by atoms with E-state index in [2.05, 4.69) is 11.4 Å². The molecule has 0 atom stereocenters. The van der Waals surface area contributed by atoms with Gasteiger partial charge in [-0.05, 0) is 42.7 Å². The van der Waals surface area contributed by atoms with Gasteiger partial charge in [-0.2, -0.15) is 5.26 Å². The fourth-order valence-corrected chi connectivity index (χ4v) is 4.35. The van der Waals surface area contributed by atoms with Gasteiger partial charge in [0.2, 0.25) is 5.91 Å². The van der Waals surface area contributed by atoms with Crippen molar-refractivity contribution in [3.05, 3.63) is 102 Å². The number of hydrogen-bond donors (Lipinski definition) is 1. The minimum atomic E-state index is -0.134. The van der Waals surface area contributed by atoms with Crippen molar-refractivity contribution in [3.63, 3.8) is 0 Å². The Hall–Kier alpha value is -3.88. The molecule has 4 rings (SSSR count). The van der Waals surface area contributed by atoms with Gasteiger partial charge in [0.25, 0.3) is 0 Å². The monoisotopic (exact) mass is 449 g/mol. The Morgan fingerprint density at radius 3 is 2.27 bits per heavy atom. The van der Waals surface area contributed by atoms with Crippen LogP contribution in [-0.4, -0.2) is 16.6 Å². The SMILES string of the molecule is Cc1cccc(NC(=O)CSc2nc(-c3ccccc3)cc(-c3ccccc3)c2C#N)c1C. The number of pyridine rings is 1. The van der Waals surface area contributed by atoms with Crippen molar-refractivity contribution in [2.24, 2.45) is 0 Å². The summed E-state index contributed by atoms with van der Waals surface area (Å²) in [5.74, 6) is 0.0207. The largest absolute Gasteiger partial charge is 0.325 e. The van der Waals surface area contributed by atoms with Gasteiger partial charge >= 0.3 is 0 Å². The van der Waals surface area contributed by atoms with Gasteiger partial charge in [0, 0.05) is 16.8 Å². The van der Waals surface area contributed by atoms with Crippen molar-refractivity contribution in [1.82, 2.24) is 4.98 Å². The Balaban J connectivity index is 1.67. The highest BCUT2D eigenvalue weighted by Gasteiger charge is 2.17. The summed E-state index contributed by atoms with van der Waals surface area (Å²) in [6, 6.07) is 29.8. The standard InChI is InChI=1S/C28H23N3OS/c1-19-10-9-15-25(20(19)2)30-27(32)18-33-28-24(17-29)23(21-11-5-3-6-12-21)16-26(31-28)22-13-7-4-8-14-22/h3-16H,18H2,1-2H3,(H,30,32). The minimum absolute atomic E-state index is 0.134. The molecule has 0 saturated heterocycles. The number of nitriles is 1. The van der Waals surface area contributed by atoms with Gasteiger partial charge in [-0.1, -0.05) is 84.6 Å². The van der Waals surface area contributed by atoms with Crippen LogP contribution < -0.4 is 5.32 Å². The number of thioether (sulfide) groups is 1. The number of nitrogens with one attached hydrogen (secondary N) is 1. The zero-order valence-corrected chi connectivity index (χ0v) is 19.3. The molecule has 0 saturated carbocycles. The first-order valence-corrected chi connectivity index (χ1v) is 11.6. The Kier molecular flexibility index (Phi) is 6.87. The van der Waals surface area contributed by atoms with Gasteiger partial charge in [-0.15, -0.1) is 0 Å². The summed E-state index contributed by atoms with van der Waals surface area (Å²) in [4.78, 5) is 17.5. The molecule has 0 fully saturated rings. The van der Waals surface area contributed by atoms with E-state index in [-0.39, 0.29) is 11.7 Å². The summed E-state index contributed by atoms with van der Waals surface area (Å²) >= 11 is 1.28. The second-order valence-corrected chi connectivity index (χ2v) is 8.63. The Morgan fingerprint density at radius 1 is 0.939 bits per heavy atom. The third kappa shape index (κ3) is 5.14. The lowest BCUT2D eigenvalue weighted by Gasteiger charge is -2.13. The molecule has 33 heavy (non-hydrogen) atoms. The lowest BCUT2D eigenvalue weighted by Crippen LogP contribution is -2.15. The van der Waals surface area contributed by atoms with E-state index in [0.29, 0.717) is 10.6 Å². The molecular formula is C28H23N3OS. The van der Waals surface area contributed by atoms with Crippen LogP contribution >= 0.6 is 11.8 Å². The second-order valence-electron chi connectivity index (χ2n) is 7.66. The molecule has 162 valence electrons. The van der Waals surface area contributed by atoms with Crippen LogP contribution in [0.5, 0.6) is 0 Å². The van der Waals surface area contributed by atoms with Crippen LogP contribution in [0.3, 0.4) is 0 Å². The van der Waals surface area contributed by atoms with Gasteiger partial charge < -0.3 is 5.32 Å². The van der Waals surface area contributed by atoms with Crippen LogP contribution in [0.4, 0.5) is 5.69 Å². The number of carbonyl (C=O) groups is 1. The van der Waals surface area contributed by atoms with Gasteiger partial charge in [-0.3, -0.25) is 4.79 Å². The van der Waals surface area contributed by atoms with Crippen molar-refractivity contribution in [3.8, 4) is 28.5 Å². The van der Waals surface area contributed by atoms with E-state index in [1.165, 1.54) is 11.8 Å². The number of aromatic nitrogens is 1. The average Bonchev–Trinajstić information content (AvgIpc) is 2.86. The van der Waals surface area contributed by atoms with Crippen LogP contribution in [0, 0.1) is 25.2 Å².